The predicted octanol–water partition coefficient (Wildman–Crippen LogP) is 2.18. The zero-order valence-corrected chi connectivity index (χ0v) is 9.13. The molecule has 0 saturated carbocycles. The van der Waals surface area contributed by atoms with Crippen molar-refractivity contribution in [3.8, 4) is 5.75 Å². The molecule has 0 bridgehead atoms. The van der Waals surface area contributed by atoms with Crippen LogP contribution in [0.5, 0.6) is 5.75 Å². The summed E-state index contributed by atoms with van der Waals surface area (Å²) in [6, 6.07) is 4.37. The van der Waals surface area contributed by atoms with Gasteiger partial charge in [-0.2, -0.15) is 0 Å². The first-order chi connectivity index (χ1) is 7.66. The Balaban J connectivity index is 2.32. The molecular weight excluding hydrogens is 209 g/mol. The second-order valence-corrected chi connectivity index (χ2v) is 3.93. The number of hydrogen-bond donors (Lipinski definition) is 1. The number of rotatable bonds is 1. The maximum absolute atomic E-state index is 13.0. The molecule has 1 heterocycles. The third-order valence-corrected chi connectivity index (χ3v) is 2.62. The maximum atomic E-state index is 13.0. The van der Waals surface area contributed by atoms with Gasteiger partial charge in [0.25, 0.3) is 0 Å². The normalized spacial score (nSPS) is 19.2. The van der Waals surface area contributed by atoms with Gasteiger partial charge in [0.2, 0.25) is 5.91 Å². The molecule has 1 atom stereocenters. The van der Waals surface area contributed by atoms with Gasteiger partial charge < -0.3 is 10.1 Å². The lowest BCUT2D eigenvalue weighted by Gasteiger charge is -2.17. The fourth-order valence-corrected chi connectivity index (χ4v) is 1.94. The molecule has 0 aliphatic carbocycles. The van der Waals surface area contributed by atoms with Crippen LogP contribution < -0.4 is 10.1 Å². The quantitative estimate of drug-likeness (QED) is 0.792. The van der Waals surface area contributed by atoms with Crippen LogP contribution in [-0.4, -0.2) is 12.5 Å². The fraction of sp³-hybridized carbons (Fsp3) is 0.417. The van der Waals surface area contributed by atoms with E-state index in [-0.39, 0.29) is 17.8 Å². The molecule has 1 aliphatic rings. The maximum Gasteiger partial charge on any atom is 0.217 e. The first kappa shape index (κ1) is 10.9. The zero-order chi connectivity index (χ0) is 11.5. The third-order valence-electron chi connectivity index (χ3n) is 2.62. The van der Waals surface area contributed by atoms with Crippen molar-refractivity contribution in [3.63, 3.8) is 0 Å². The Morgan fingerprint density at radius 3 is 3.12 bits per heavy atom. The number of fused-ring (bicyclic) bond motifs is 1. The van der Waals surface area contributed by atoms with Crippen molar-refractivity contribution in [1.82, 2.24) is 5.32 Å². The fourth-order valence-electron chi connectivity index (χ4n) is 1.94. The van der Waals surface area contributed by atoms with Gasteiger partial charge in [-0.05, 0) is 18.9 Å². The van der Waals surface area contributed by atoms with Crippen LogP contribution in [0.15, 0.2) is 18.2 Å². The summed E-state index contributed by atoms with van der Waals surface area (Å²) in [6.07, 6.45) is 1.67. The summed E-state index contributed by atoms with van der Waals surface area (Å²) < 4.78 is 18.5. The minimum absolute atomic E-state index is 0.0735. The highest BCUT2D eigenvalue weighted by Gasteiger charge is 2.20. The van der Waals surface area contributed by atoms with Gasteiger partial charge in [-0.1, -0.05) is 6.07 Å². The second-order valence-electron chi connectivity index (χ2n) is 3.93. The lowest BCUT2D eigenvalue weighted by Crippen LogP contribution is -2.25. The van der Waals surface area contributed by atoms with Gasteiger partial charge in [0.15, 0.2) is 0 Å². The van der Waals surface area contributed by atoms with Gasteiger partial charge in [-0.3, -0.25) is 4.79 Å². The van der Waals surface area contributed by atoms with Gasteiger partial charge in [0, 0.05) is 18.6 Å². The number of benzene rings is 1. The minimum Gasteiger partial charge on any atom is -0.493 e. The van der Waals surface area contributed by atoms with E-state index in [2.05, 4.69) is 5.32 Å². The molecule has 4 heteroatoms. The topological polar surface area (TPSA) is 38.3 Å². The Labute approximate surface area is 93.6 Å². The average Bonchev–Trinajstić information content (AvgIpc) is 2.40. The summed E-state index contributed by atoms with van der Waals surface area (Å²) in [7, 11) is 0. The van der Waals surface area contributed by atoms with Crippen LogP contribution in [0, 0.1) is 5.82 Å². The molecule has 1 aromatic rings. The molecular formula is C12H14FNO2. The number of halogens is 1. The van der Waals surface area contributed by atoms with Gasteiger partial charge in [-0.25, -0.2) is 4.39 Å². The molecule has 1 unspecified atom stereocenters. The Bertz CT molecular complexity index is 406. The third kappa shape index (κ3) is 2.32. The van der Waals surface area contributed by atoms with Crippen molar-refractivity contribution >= 4 is 5.91 Å². The van der Waals surface area contributed by atoms with Gasteiger partial charge in [-0.15, -0.1) is 0 Å². The van der Waals surface area contributed by atoms with Crippen LogP contribution in [-0.2, 0) is 4.79 Å². The van der Waals surface area contributed by atoms with Gasteiger partial charge >= 0.3 is 0 Å². The molecule has 1 N–H and O–H groups in total. The molecule has 0 fully saturated rings. The largest absolute Gasteiger partial charge is 0.493 e. The molecule has 0 aromatic heterocycles. The van der Waals surface area contributed by atoms with Crippen molar-refractivity contribution in [3.05, 3.63) is 29.6 Å². The Kier molecular flexibility index (Phi) is 3.08. The standard InChI is InChI=1S/C12H14FNO2/c1-8(15)14-11-3-2-6-16-12-7-9(13)4-5-10(11)12/h4-5,7,11H,2-3,6H2,1H3,(H,14,15). The molecule has 0 spiro atoms. The van der Waals surface area contributed by atoms with E-state index in [0.29, 0.717) is 12.4 Å². The van der Waals surface area contributed by atoms with Crippen molar-refractivity contribution in [2.24, 2.45) is 0 Å². The predicted molar refractivity (Wildman–Crippen MR) is 57.7 cm³/mol. The summed E-state index contributed by atoms with van der Waals surface area (Å²) in [5.41, 5.74) is 0.856. The lowest BCUT2D eigenvalue weighted by molar-refractivity contribution is -0.119. The number of carbonyl (C=O) groups excluding carboxylic acids is 1. The summed E-state index contributed by atoms with van der Waals surface area (Å²) in [4.78, 5) is 11.1. The summed E-state index contributed by atoms with van der Waals surface area (Å²) in [5.74, 6) is 0.139. The van der Waals surface area contributed by atoms with Crippen molar-refractivity contribution in [2.75, 3.05) is 6.61 Å². The van der Waals surface area contributed by atoms with Gasteiger partial charge in [0.05, 0.1) is 12.6 Å². The van der Waals surface area contributed by atoms with Crippen LogP contribution in [0.25, 0.3) is 0 Å². The number of nitrogens with one attached hydrogen (secondary N) is 1. The molecule has 3 nitrogen and oxygen atoms in total. The van der Waals surface area contributed by atoms with Crippen LogP contribution in [0.4, 0.5) is 4.39 Å². The molecule has 2 rings (SSSR count). The molecule has 0 radical (unpaired) electrons. The SMILES string of the molecule is CC(=O)NC1CCCOc2cc(F)ccc21. The number of carbonyl (C=O) groups is 1. The summed E-state index contributed by atoms with van der Waals surface area (Å²) in [5, 5.41) is 2.86. The highest BCUT2D eigenvalue weighted by molar-refractivity contribution is 5.73. The van der Waals surface area contributed by atoms with E-state index in [1.807, 2.05) is 0 Å². The van der Waals surface area contributed by atoms with Gasteiger partial charge in [0.1, 0.15) is 11.6 Å². The Hall–Kier alpha value is -1.58. The smallest absolute Gasteiger partial charge is 0.217 e. The highest BCUT2D eigenvalue weighted by Crippen LogP contribution is 2.31. The molecule has 1 amide bonds. The van der Waals surface area contributed by atoms with Crippen LogP contribution in [0.2, 0.25) is 0 Å². The van der Waals surface area contributed by atoms with E-state index in [1.165, 1.54) is 19.1 Å². The number of amides is 1. The average molecular weight is 223 g/mol. The van der Waals surface area contributed by atoms with Crippen molar-refractivity contribution < 1.29 is 13.9 Å². The van der Waals surface area contributed by atoms with E-state index in [1.54, 1.807) is 6.07 Å². The summed E-state index contributed by atoms with van der Waals surface area (Å²) >= 11 is 0. The molecule has 1 aliphatic heterocycles. The molecule has 86 valence electrons. The first-order valence-corrected chi connectivity index (χ1v) is 5.36. The van der Waals surface area contributed by atoms with E-state index < -0.39 is 0 Å². The minimum atomic E-state index is -0.317. The monoisotopic (exact) mass is 223 g/mol. The molecule has 16 heavy (non-hydrogen) atoms. The lowest BCUT2D eigenvalue weighted by atomic mass is 10.0. The van der Waals surface area contributed by atoms with E-state index >= 15 is 0 Å². The highest BCUT2D eigenvalue weighted by atomic mass is 19.1. The first-order valence-electron chi connectivity index (χ1n) is 5.36. The van der Waals surface area contributed by atoms with E-state index in [9.17, 15) is 9.18 Å². The number of hydrogen-bond acceptors (Lipinski definition) is 2. The Morgan fingerprint density at radius 1 is 1.56 bits per heavy atom. The van der Waals surface area contributed by atoms with Crippen molar-refractivity contribution in [2.45, 2.75) is 25.8 Å². The summed E-state index contributed by atoms with van der Waals surface area (Å²) in [6.45, 7) is 2.04. The Morgan fingerprint density at radius 2 is 2.38 bits per heavy atom. The van der Waals surface area contributed by atoms with E-state index in [0.717, 1.165) is 18.4 Å². The number of ether oxygens (including phenoxy) is 1. The molecule has 1 aromatic carbocycles. The van der Waals surface area contributed by atoms with Crippen LogP contribution in [0.3, 0.4) is 0 Å². The second kappa shape index (κ2) is 4.51. The molecule has 0 saturated heterocycles. The van der Waals surface area contributed by atoms with Crippen molar-refractivity contribution in [1.29, 1.82) is 0 Å². The van der Waals surface area contributed by atoms with E-state index in [4.69, 9.17) is 4.74 Å². The van der Waals surface area contributed by atoms with Crippen LogP contribution in [0.1, 0.15) is 31.4 Å². The zero-order valence-electron chi connectivity index (χ0n) is 9.13. The van der Waals surface area contributed by atoms with Crippen LogP contribution >= 0.6 is 0 Å².